The molecule has 6 N–H and O–H groups in total. The van der Waals surface area contributed by atoms with Gasteiger partial charge in [-0.15, -0.1) is 11.3 Å². The molecule has 84 valence electrons. The number of anilines is 1. The standard InChI is InChI=1S/C9H15N3O2S/c1-4-5(2)15-9(7(4)8(11)14)12-6(13)3-10/h6,12-13H,3,10H2,1-2H3,(H2,11,14). The van der Waals surface area contributed by atoms with E-state index in [4.69, 9.17) is 11.5 Å². The first-order chi connectivity index (χ1) is 6.97. The zero-order valence-electron chi connectivity index (χ0n) is 8.70. The smallest absolute Gasteiger partial charge is 0.251 e. The van der Waals surface area contributed by atoms with Crippen molar-refractivity contribution in [3.63, 3.8) is 0 Å². The average molecular weight is 229 g/mol. The number of aryl methyl sites for hydroxylation is 1. The van der Waals surface area contributed by atoms with Gasteiger partial charge in [0.2, 0.25) is 0 Å². The third kappa shape index (κ3) is 2.47. The summed E-state index contributed by atoms with van der Waals surface area (Å²) in [7, 11) is 0. The van der Waals surface area contributed by atoms with Gasteiger partial charge in [0.25, 0.3) is 5.91 Å². The van der Waals surface area contributed by atoms with Gasteiger partial charge in [0.15, 0.2) is 0 Å². The molecule has 1 aromatic heterocycles. The third-order valence-electron chi connectivity index (χ3n) is 2.15. The molecule has 15 heavy (non-hydrogen) atoms. The number of carbonyl (C=O) groups excluding carboxylic acids is 1. The van der Waals surface area contributed by atoms with Crippen LogP contribution in [0.5, 0.6) is 0 Å². The van der Waals surface area contributed by atoms with Crippen LogP contribution in [0.2, 0.25) is 0 Å². The van der Waals surface area contributed by atoms with Gasteiger partial charge in [-0.25, -0.2) is 0 Å². The SMILES string of the molecule is Cc1sc(NC(O)CN)c(C(N)=O)c1C. The molecule has 0 saturated carbocycles. The maximum atomic E-state index is 11.2. The Balaban J connectivity index is 3.06. The first kappa shape index (κ1) is 12.0. The summed E-state index contributed by atoms with van der Waals surface area (Å²) in [6.07, 6.45) is -0.861. The summed E-state index contributed by atoms with van der Waals surface area (Å²) in [6.45, 7) is 3.80. The van der Waals surface area contributed by atoms with E-state index in [1.807, 2.05) is 13.8 Å². The molecule has 0 aliphatic carbocycles. The Morgan fingerprint density at radius 2 is 2.20 bits per heavy atom. The molecule has 0 spiro atoms. The summed E-state index contributed by atoms with van der Waals surface area (Å²) in [5.74, 6) is -0.497. The van der Waals surface area contributed by atoms with Gasteiger partial charge in [-0.3, -0.25) is 4.79 Å². The number of aliphatic hydroxyl groups is 1. The van der Waals surface area contributed by atoms with Crippen LogP contribution >= 0.6 is 11.3 Å². The largest absolute Gasteiger partial charge is 0.372 e. The average Bonchev–Trinajstić information content (AvgIpc) is 2.42. The molecule has 0 bridgehead atoms. The second-order valence-electron chi connectivity index (χ2n) is 3.25. The van der Waals surface area contributed by atoms with Crippen LogP contribution in [0.15, 0.2) is 0 Å². The fourth-order valence-corrected chi connectivity index (χ4v) is 2.35. The zero-order chi connectivity index (χ0) is 11.6. The lowest BCUT2D eigenvalue weighted by molar-refractivity contribution is 0.100. The summed E-state index contributed by atoms with van der Waals surface area (Å²) in [6, 6.07) is 0. The topological polar surface area (TPSA) is 101 Å². The van der Waals surface area contributed by atoms with Crippen molar-refractivity contribution in [3.8, 4) is 0 Å². The van der Waals surface area contributed by atoms with E-state index in [1.165, 1.54) is 11.3 Å². The summed E-state index contributed by atoms with van der Waals surface area (Å²) in [5, 5.41) is 12.7. The molecule has 1 aromatic rings. The predicted molar refractivity (Wildman–Crippen MR) is 61.0 cm³/mol. The van der Waals surface area contributed by atoms with Gasteiger partial charge in [0, 0.05) is 11.4 Å². The van der Waals surface area contributed by atoms with E-state index < -0.39 is 12.1 Å². The Morgan fingerprint density at radius 3 is 2.67 bits per heavy atom. The number of amides is 1. The van der Waals surface area contributed by atoms with Crippen molar-refractivity contribution >= 4 is 22.2 Å². The van der Waals surface area contributed by atoms with Crippen LogP contribution in [-0.2, 0) is 0 Å². The minimum absolute atomic E-state index is 0.0776. The van der Waals surface area contributed by atoms with Gasteiger partial charge in [0.1, 0.15) is 11.2 Å². The molecule has 1 amide bonds. The van der Waals surface area contributed by atoms with Crippen molar-refractivity contribution in [2.75, 3.05) is 11.9 Å². The fraction of sp³-hybridized carbons (Fsp3) is 0.444. The quantitative estimate of drug-likeness (QED) is 0.552. The van der Waals surface area contributed by atoms with Gasteiger partial charge < -0.3 is 21.9 Å². The van der Waals surface area contributed by atoms with E-state index in [9.17, 15) is 9.90 Å². The molecule has 1 rings (SSSR count). The van der Waals surface area contributed by atoms with E-state index in [0.29, 0.717) is 10.6 Å². The van der Waals surface area contributed by atoms with Crippen LogP contribution in [0.1, 0.15) is 20.8 Å². The van der Waals surface area contributed by atoms with Crippen molar-refractivity contribution in [1.82, 2.24) is 0 Å². The number of hydrogen-bond acceptors (Lipinski definition) is 5. The molecule has 5 nitrogen and oxygen atoms in total. The van der Waals surface area contributed by atoms with Gasteiger partial charge in [0.05, 0.1) is 5.56 Å². The van der Waals surface area contributed by atoms with Crippen molar-refractivity contribution in [2.45, 2.75) is 20.1 Å². The normalized spacial score (nSPS) is 12.5. The maximum absolute atomic E-state index is 11.2. The molecule has 0 fully saturated rings. The molecule has 0 aromatic carbocycles. The van der Waals surface area contributed by atoms with Gasteiger partial charge in [-0.1, -0.05) is 0 Å². The van der Waals surface area contributed by atoms with E-state index in [1.54, 1.807) is 0 Å². The molecule has 1 atom stereocenters. The number of primary amides is 1. The summed E-state index contributed by atoms with van der Waals surface area (Å²) < 4.78 is 0. The van der Waals surface area contributed by atoms with Crippen molar-refractivity contribution in [3.05, 3.63) is 16.0 Å². The van der Waals surface area contributed by atoms with E-state index in [2.05, 4.69) is 5.32 Å². The second kappa shape index (κ2) is 4.61. The van der Waals surface area contributed by atoms with Gasteiger partial charge in [-0.2, -0.15) is 0 Å². The number of rotatable bonds is 4. The highest BCUT2D eigenvalue weighted by Gasteiger charge is 2.18. The van der Waals surface area contributed by atoms with E-state index in [-0.39, 0.29) is 6.54 Å². The molecule has 1 unspecified atom stereocenters. The Hall–Kier alpha value is -1.11. The minimum Gasteiger partial charge on any atom is -0.372 e. The van der Waals surface area contributed by atoms with E-state index in [0.717, 1.165) is 10.4 Å². The molecule has 0 aliphatic rings. The Labute approximate surface area is 92.1 Å². The lowest BCUT2D eigenvalue weighted by atomic mass is 10.1. The van der Waals surface area contributed by atoms with Crippen LogP contribution in [0, 0.1) is 13.8 Å². The van der Waals surface area contributed by atoms with Crippen LogP contribution in [-0.4, -0.2) is 23.8 Å². The van der Waals surface area contributed by atoms with Crippen LogP contribution in [0.3, 0.4) is 0 Å². The Kier molecular flexibility index (Phi) is 3.67. The number of hydrogen-bond donors (Lipinski definition) is 4. The van der Waals surface area contributed by atoms with Crippen LogP contribution in [0.4, 0.5) is 5.00 Å². The highest BCUT2D eigenvalue weighted by molar-refractivity contribution is 7.16. The highest BCUT2D eigenvalue weighted by Crippen LogP contribution is 2.32. The second-order valence-corrected chi connectivity index (χ2v) is 4.47. The first-order valence-electron chi connectivity index (χ1n) is 4.51. The highest BCUT2D eigenvalue weighted by atomic mass is 32.1. The Morgan fingerprint density at radius 1 is 1.60 bits per heavy atom. The summed E-state index contributed by atoms with van der Waals surface area (Å²) >= 11 is 1.39. The number of nitrogens with one attached hydrogen (secondary N) is 1. The minimum atomic E-state index is -0.861. The number of nitrogens with two attached hydrogens (primary N) is 2. The number of carbonyl (C=O) groups is 1. The molecule has 0 radical (unpaired) electrons. The lowest BCUT2D eigenvalue weighted by Gasteiger charge is -2.10. The first-order valence-corrected chi connectivity index (χ1v) is 5.33. The summed E-state index contributed by atoms with van der Waals surface area (Å²) in [4.78, 5) is 12.2. The molecule has 0 saturated heterocycles. The maximum Gasteiger partial charge on any atom is 0.251 e. The monoisotopic (exact) mass is 229 g/mol. The molecular formula is C9H15N3O2S. The summed E-state index contributed by atoms with van der Waals surface area (Å²) in [5.41, 5.74) is 11.8. The number of aliphatic hydroxyl groups excluding tert-OH is 1. The molecule has 1 heterocycles. The van der Waals surface area contributed by atoms with E-state index >= 15 is 0 Å². The van der Waals surface area contributed by atoms with Crippen molar-refractivity contribution in [1.29, 1.82) is 0 Å². The Bertz CT molecular complexity index is 376. The predicted octanol–water partition coefficient (Wildman–Crippen LogP) is 0.153. The van der Waals surface area contributed by atoms with Gasteiger partial charge >= 0.3 is 0 Å². The van der Waals surface area contributed by atoms with Crippen molar-refractivity contribution in [2.24, 2.45) is 11.5 Å². The molecule has 0 aliphatic heterocycles. The number of thiophene rings is 1. The fourth-order valence-electron chi connectivity index (χ4n) is 1.24. The third-order valence-corrected chi connectivity index (χ3v) is 3.29. The molecular weight excluding hydrogens is 214 g/mol. The molecule has 6 heteroatoms. The van der Waals surface area contributed by atoms with Crippen molar-refractivity contribution < 1.29 is 9.90 Å². The van der Waals surface area contributed by atoms with Crippen LogP contribution in [0.25, 0.3) is 0 Å². The van der Waals surface area contributed by atoms with Crippen LogP contribution < -0.4 is 16.8 Å². The lowest BCUT2D eigenvalue weighted by Crippen LogP contribution is -2.28. The van der Waals surface area contributed by atoms with Gasteiger partial charge in [-0.05, 0) is 19.4 Å². The zero-order valence-corrected chi connectivity index (χ0v) is 9.52.